The smallest absolute Gasteiger partial charge is 0.162 e. The van der Waals surface area contributed by atoms with Gasteiger partial charge in [-0.05, 0) is 40.5 Å². The molecule has 2 rings (SSSR count). The zero-order valence-electron chi connectivity index (χ0n) is 9.45. The zero-order chi connectivity index (χ0) is 13.1. The van der Waals surface area contributed by atoms with Gasteiger partial charge in [-0.3, -0.25) is 0 Å². The maximum atomic E-state index is 6.00. The second-order valence-electron chi connectivity index (χ2n) is 3.40. The van der Waals surface area contributed by atoms with Crippen molar-refractivity contribution in [3.05, 3.63) is 38.1 Å². The molecule has 0 aliphatic carbocycles. The Kier molecular flexibility index (Phi) is 5.12. The summed E-state index contributed by atoms with van der Waals surface area (Å²) in [6.07, 6.45) is 0. The number of hydrogen-bond acceptors (Lipinski definition) is 3. The van der Waals surface area contributed by atoms with Gasteiger partial charge in [0.15, 0.2) is 5.82 Å². The highest BCUT2D eigenvalue weighted by Gasteiger charge is 2.10. The van der Waals surface area contributed by atoms with Crippen molar-refractivity contribution in [3.8, 4) is 11.4 Å². The van der Waals surface area contributed by atoms with E-state index in [-0.39, 0.29) is 0 Å². The Labute approximate surface area is 134 Å². The van der Waals surface area contributed by atoms with Crippen LogP contribution in [0.3, 0.4) is 0 Å². The van der Waals surface area contributed by atoms with Crippen molar-refractivity contribution in [2.75, 3.05) is 5.75 Å². The van der Waals surface area contributed by atoms with Gasteiger partial charge in [-0.1, -0.05) is 42.3 Å². The van der Waals surface area contributed by atoms with Crippen molar-refractivity contribution >= 4 is 57.6 Å². The van der Waals surface area contributed by atoms with Crippen molar-refractivity contribution in [1.29, 1.82) is 0 Å². The van der Waals surface area contributed by atoms with Crippen LogP contribution in [0.15, 0.2) is 29.2 Å². The summed E-state index contributed by atoms with van der Waals surface area (Å²) >= 11 is 15.8. The van der Waals surface area contributed by atoms with Crippen molar-refractivity contribution in [2.24, 2.45) is 0 Å². The van der Waals surface area contributed by atoms with E-state index >= 15 is 0 Å². The SMILES string of the molecule is CCSc1ccc(-c2nc(Cl)c(I)c(Cl)n2)cc1. The van der Waals surface area contributed by atoms with E-state index < -0.39 is 0 Å². The summed E-state index contributed by atoms with van der Waals surface area (Å²) in [7, 11) is 0. The van der Waals surface area contributed by atoms with Gasteiger partial charge in [-0.15, -0.1) is 11.8 Å². The molecule has 94 valence electrons. The molecular weight excluding hydrogens is 402 g/mol. The fraction of sp³-hybridized carbons (Fsp3) is 0.167. The van der Waals surface area contributed by atoms with Crippen molar-refractivity contribution in [3.63, 3.8) is 0 Å². The molecule has 1 aromatic heterocycles. The van der Waals surface area contributed by atoms with Crippen molar-refractivity contribution in [2.45, 2.75) is 11.8 Å². The van der Waals surface area contributed by atoms with Gasteiger partial charge in [0.1, 0.15) is 10.3 Å². The molecule has 0 aliphatic rings. The minimum absolute atomic E-state index is 0.387. The second kappa shape index (κ2) is 6.41. The fourth-order valence-electron chi connectivity index (χ4n) is 1.39. The molecule has 0 N–H and O–H groups in total. The molecule has 0 spiro atoms. The number of hydrogen-bond donors (Lipinski definition) is 0. The number of nitrogens with zero attached hydrogens (tertiary/aromatic N) is 2. The largest absolute Gasteiger partial charge is 0.215 e. The van der Waals surface area contributed by atoms with Crippen LogP contribution in [0.5, 0.6) is 0 Å². The maximum absolute atomic E-state index is 6.00. The highest BCUT2D eigenvalue weighted by atomic mass is 127. The summed E-state index contributed by atoms with van der Waals surface area (Å²) in [5.41, 5.74) is 0.913. The van der Waals surface area contributed by atoms with Crippen LogP contribution in [0.25, 0.3) is 11.4 Å². The van der Waals surface area contributed by atoms with Crippen molar-refractivity contribution < 1.29 is 0 Å². The van der Waals surface area contributed by atoms with Crippen LogP contribution >= 0.6 is 57.6 Å². The fourth-order valence-corrected chi connectivity index (χ4v) is 2.68. The number of benzene rings is 1. The first-order valence-electron chi connectivity index (χ1n) is 5.23. The first-order chi connectivity index (χ1) is 8.61. The minimum atomic E-state index is 0.387. The molecule has 0 aliphatic heterocycles. The summed E-state index contributed by atoms with van der Waals surface area (Å²) in [4.78, 5) is 9.70. The molecule has 1 heterocycles. The Morgan fingerprint density at radius 3 is 2.17 bits per heavy atom. The molecule has 18 heavy (non-hydrogen) atoms. The third kappa shape index (κ3) is 3.29. The lowest BCUT2D eigenvalue weighted by Gasteiger charge is -2.05. The number of thioether (sulfide) groups is 1. The molecule has 0 atom stereocenters. The number of aromatic nitrogens is 2. The quantitative estimate of drug-likeness (QED) is 0.396. The van der Waals surface area contributed by atoms with Gasteiger partial charge in [0.25, 0.3) is 0 Å². The van der Waals surface area contributed by atoms with Gasteiger partial charge in [0.05, 0.1) is 3.57 Å². The van der Waals surface area contributed by atoms with E-state index in [1.54, 1.807) is 11.8 Å². The van der Waals surface area contributed by atoms with Gasteiger partial charge in [-0.25, -0.2) is 9.97 Å². The molecule has 0 radical (unpaired) electrons. The van der Waals surface area contributed by atoms with Gasteiger partial charge < -0.3 is 0 Å². The van der Waals surface area contributed by atoms with Crippen LogP contribution < -0.4 is 0 Å². The predicted molar refractivity (Wildman–Crippen MR) is 86.6 cm³/mol. The molecule has 0 bridgehead atoms. The maximum Gasteiger partial charge on any atom is 0.162 e. The molecule has 2 aromatic rings. The summed E-state index contributed by atoms with van der Waals surface area (Å²) in [6.45, 7) is 2.13. The topological polar surface area (TPSA) is 25.8 Å². The predicted octanol–water partition coefficient (Wildman–Crippen LogP) is 5.17. The number of halogens is 3. The van der Waals surface area contributed by atoms with Crippen LogP contribution in [0.1, 0.15) is 6.92 Å². The lowest BCUT2D eigenvalue weighted by molar-refractivity contribution is 1.16. The summed E-state index contributed by atoms with van der Waals surface area (Å²) in [5.74, 6) is 1.61. The third-order valence-corrected chi connectivity index (χ3v) is 5.29. The normalized spacial score (nSPS) is 10.7. The van der Waals surface area contributed by atoms with Gasteiger partial charge in [-0.2, -0.15) is 0 Å². The molecule has 0 fully saturated rings. The minimum Gasteiger partial charge on any atom is -0.215 e. The Bertz CT molecular complexity index is 537. The van der Waals surface area contributed by atoms with Crippen molar-refractivity contribution in [1.82, 2.24) is 9.97 Å². The Morgan fingerprint density at radius 1 is 1.11 bits per heavy atom. The molecule has 1 aromatic carbocycles. The molecule has 2 nitrogen and oxygen atoms in total. The van der Waals surface area contributed by atoms with Crippen LogP contribution in [-0.4, -0.2) is 15.7 Å². The number of rotatable bonds is 3. The summed E-state index contributed by atoms with van der Waals surface area (Å²) in [6, 6.07) is 8.05. The lowest BCUT2D eigenvalue weighted by Crippen LogP contribution is -1.93. The van der Waals surface area contributed by atoms with Crippen LogP contribution in [0.2, 0.25) is 10.3 Å². The van der Waals surface area contributed by atoms with E-state index in [1.807, 2.05) is 46.9 Å². The van der Waals surface area contributed by atoms with Gasteiger partial charge in [0.2, 0.25) is 0 Å². The summed E-state index contributed by atoms with van der Waals surface area (Å²) < 4.78 is 0.679. The highest BCUT2D eigenvalue weighted by Crippen LogP contribution is 2.27. The second-order valence-corrected chi connectivity index (χ2v) is 6.53. The third-order valence-electron chi connectivity index (χ3n) is 2.19. The molecule has 0 saturated heterocycles. The van der Waals surface area contributed by atoms with E-state index in [2.05, 4.69) is 16.9 Å². The molecule has 0 amide bonds. The van der Waals surface area contributed by atoms with E-state index in [0.717, 1.165) is 11.3 Å². The van der Waals surface area contributed by atoms with E-state index in [0.29, 0.717) is 19.7 Å². The monoisotopic (exact) mass is 410 g/mol. The van der Waals surface area contributed by atoms with E-state index in [4.69, 9.17) is 23.2 Å². The van der Waals surface area contributed by atoms with Gasteiger partial charge >= 0.3 is 0 Å². The molecular formula is C12H9Cl2IN2S. The zero-order valence-corrected chi connectivity index (χ0v) is 13.9. The van der Waals surface area contributed by atoms with E-state index in [1.165, 1.54) is 4.90 Å². The Morgan fingerprint density at radius 2 is 1.67 bits per heavy atom. The molecule has 0 saturated carbocycles. The van der Waals surface area contributed by atoms with Crippen LogP contribution in [0.4, 0.5) is 0 Å². The highest BCUT2D eigenvalue weighted by molar-refractivity contribution is 14.1. The van der Waals surface area contributed by atoms with Crippen LogP contribution in [0, 0.1) is 3.57 Å². The standard InChI is InChI=1S/C12H9Cl2IN2S/c1-2-18-8-5-3-7(4-6-8)12-16-10(13)9(15)11(14)17-12/h3-6H,2H2,1H3. The molecule has 6 heteroatoms. The first-order valence-corrected chi connectivity index (χ1v) is 8.05. The first kappa shape index (κ1) is 14.4. The van der Waals surface area contributed by atoms with Gasteiger partial charge in [0, 0.05) is 10.5 Å². The molecule has 0 unspecified atom stereocenters. The Balaban J connectivity index is 2.36. The summed E-state index contributed by atoms with van der Waals surface area (Å²) in [5, 5.41) is 0.773. The van der Waals surface area contributed by atoms with E-state index in [9.17, 15) is 0 Å². The Hall–Kier alpha value is -0.0400. The lowest BCUT2D eigenvalue weighted by atomic mass is 10.2. The van der Waals surface area contributed by atoms with Crippen LogP contribution in [-0.2, 0) is 0 Å². The average molecular weight is 411 g/mol. The average Bonchev–Trinajstić information content (AvgIpc) is 2.37.